The third kappa shape index (κ3) is 8.57. The van der Waals surface area contributed by atoms with Gasteiger partial charge in [0.2, 0.25) is 33.6 Å². The first-order chi connectivity index (χ1) is 27.2. The number of benzene rings is 1. The van der Waals surface area contributed by atoms with Crippen LogP contribution in [0.3, 0.4) is 0 Å². The van der Waals surface area contributed by atoms with Crippen molar-refractivity contribution in [3.8, 4) is 11.8 Å². The number of alkyl halides is 3. The number of alkyl carbamates (subject to hydrolysis) is 1. The highest BCUT2D eigenvalue weighted by atomic mass is 32.2. The van der Waals surface area contributed by atoms with Gasteiger partial charge in [0.05, 0.1) is 13.7 Å². The molecule has 7 atom stereocenters. The van der Waals surface area contributed by atoms with Gasteiger partial charge in [-0.05, 0) is 75.7 Å². The van der Waals surface area contributed by atoms with E-state index in [1.54, 1.807) is 31.2 Å². The minimum Gasteiger partial charge on any atom is -0.481 e. The molecule has 2 saturated carbocycles. The number of allylic oxidation sites excluding steroid dienone is 1. The van der Waals surface area contributed by atoms with Crippen LogP contribution in [-0.2, 0) is 29.1 Å². The molecule has 0 radical (unpaired) electrons. The first-order valence-electron chi connectivity index (χ1n) is 19.6. The molecule has 4 aliphatic rings. The first kappa shape index (κ1) is 43.0. The van der Waals surface area contributed by atoms with Gasteiger partial charge in [0.1, 0.15) is 35.1 Å². The number of carbonyl (C=O) groups is 4. The van der Waals surface area contributed by atoms with Gasteiger partial charge in [-0.3, -0.25) is 19.1 Å². The summed E-state index contributed by atoms with van der Waals surface area (Å²) in [6.45, 7) is 5.03. The number of pyridine rings is 1. The van der Waals surface area contributed by atoms with Gasteiger partial charge in [0.25, 0.3) is 11.8 Å². The smallest absolute Gasteiger partial charge is 0.408 e. The quantitative estimate of drug-likeness (QED) is 0.277. The van der Waals surface area contributed by atoms with Crippen molar-refractivity contribution in [3.05, 3.63) is 42.5 Å². The Morgan fingerprint density at radius 3 is 2.47 bits per heavy atom. The summed E-state index contributed by atoms with van der Waals surface area (Å²) in [4.78, 5) is 62.2. The number of carbonyl (C=O) groups excluding carboxylic acids is 4. The molecule has 18 heteroatoms. The van der Waals surface area contributed by atoms with Crippen LogP contribution in [0.1, 0.15) is 79.6 Å². The van der Waals surface area contributed by atoms with Crippen LogP contribution in [0.25, 0.3) is 10.8 Å². The Balaban J connectivity index is 1.36. The van der Waals surface area contributed by atoms with Crippen LogP contribution in [-0.4, -0.2) is 102 Å². The highest BCUT2D eigenvalue weighted by Gasteiger charge is 2.64. The summed E-state index contributed by atoms with van der Waals surface area (Å²) in [6.07, 6.45) is 3.03. The number of hydrogen-bond acceptors (Lipinski definition) is 10. The molecule has 1 aromatic carbocycles. The summed E-state index contributed by atoms with van der Waals surface area (Å²) in [5, 5.41) is 6.64. The van der Waals surface area contributed by atoms with Crippen LogP contribution >= 0.6 is 0 Å². The summed E-state index contributed by atoms with van der Waals surface area (Å²) < 4.78 is 86.3. The fourth-order valence-corrected chi connectivity index (χ4v) is 9.15. The van der Waals surface area contributed by atoms with Crippen molar-refractivity contribution in [1.29, 1.82) is 0 Å². The lowest BCUT2D eigenvalue weighted by molar-refractivity contribution is -0.152. The number of ether oxygens (including phenoxy) is 3. The lowest BCUT2D eigenvalue weighted by Gasteiger charge is -2.35. The number of hydrogen-bond donors (Lipinski definition) is 3. The first-order valence-corrected chi connectivity index (χ1v) is 21.0. The largest absolute Gasteiger partial charge is 0.481 e. The molecule has 2 unspecified atom stereocenters. The van der Waals surface area contributed by atoms with Crippen LogP contribution in [0, 0.1) is 17.8 Å². The van der Waals surface area contributed by atoms with Crippen molar-refractivity contribution in [2.75, 3.05) is 20.3 Å². The minimum absolute atomic E-state index is 0.0141. The Morgan fingerprint density at radius 1 is 1.10 bits per heavy atom. The molecule has 3 N–H and O–H groups in total. The zero-order valence-corrected chi connectivity index (χ0v) is 34.3. The number of sulfonamides is 1. The number of aromatic nitrogens is 1. The van der Waals surface area contributed by atoms with Crippen molar-refractivity contribution >= 4 is 44.6 Å². The average Bonchev–Trinajstić information content (AvgIpc) is 4.06. The Labute approximate surface area is 336 Å². The highest BCUT2D eigenvalue weighted by molar-refractivity contribution is 7.91. The van der Waals surface area contributed by atoms with Crippen LogP contribution in [0.4, 0.5) is 18.0 Å². The summed E-state index contributed by atoms with van der Waals surface area (Å²) in [5.74, 6) is -6.78. The molecule has 2 aliphatic heterocycles. The Morgan fingerprint density at radius 2 is 1.81 bits per heavy atom. The summed E-state index contributed by atoms with van der Waals surface area (Å²) in [6, 6.07) is 6.26. The molecule has 1 aromatic heterocycles. The molecule has 0 bridgehead atoms. The van der Waals surface area contributed by atoms with Crippen molar-refractivity contribution in [3.63, 3.8) is 0 Å². The second-order valence-corrected chi connectivity index (χ2v) is 19.0. The normalized spacial score (nSPS) is 29.4. The van der Waals surface area contributed by atoms with E-state index in [0.29, 0.717) is 31.6 Å². The third-order valence-electron chi connectivity index (χ3n) is 12.1. The van der Waals surface area contributed by atoms with E-state index in [1.165, 1.54) is 12.0 Å². The van der Waals surface area contributed by atoms with Crippen molar-refractivity contribution in [2.24, 2.45) is 17.8 Å². The predicted octanol–water partition coefficient (Wildman–Crippen LogP) is 4.96. The average molecular weight is 836 g/mol. The fourth-order valence-electron chi connectivity index (χ4n) is 7.72. The number of fused-ring (bicyclic) bond motifs is 3. The maximum atomic E-state index is 14.8. The number of amides is 4. The lowest BCUT2D eigenvalue weighted by atomic mass is 9.88. The van der Waals surface area contributed by atoms with E-state index in [2.05, 4.69) is 15.6 Å². The number of methoxy groups -OCH3 is 1. The van der Waals surface area contributed by atoms with E-state index in [1.807, 2.05) is 29.9 Å². The molecule has 318 valence electrons. The molecular formula is C40H52F3N5O9S. The summed E-state index contributed by atoms with van der Waals surface area (Å²) in [7, 11) is -3.00. The standard InChI is InChI=1S/C40H52F3N5O9S/c1-23-11-7-9-13-26-20-40(26,35(51)47-58(53,54)39(22-41)15-16-39)46-32(49)29-19-27(56-33-28-14-10-8-12-25(28)18-30(44-33)55-6)21-48(29)34(50)31(24(2)17-23)45-36(52)57-37(3,4)38(5,42)43/h8-10,12-14,18,23-24,26-27,29,31H,7,11,15-17,19-22H2,1-6H3,(H,45,52)(H,46,49)(H,47,51)/b13-9-/t23-,24-,26?,27-,29+,31?,40-/m1/s1. The van der Waals surface area contributed by atoms with Gasteiger partial charge in [-0.1, -0.05) is 44.2 Å². The van der Waals surface area contributed by atoms with Gasteiger partial charge < -0.3 is 29.7 Å². The zero-order valence-electron chi connectivity index (χ0n) is 33.5. The van der Waals surface area contributed by atoms with Crippen LogP contribution < -0.4 is 24.8 Å². The van der Waals surface area contributed by atoms with E-state index in [4.69, 9.17) is 14.2 Å². The Hall–Kier alpha value is -4.61. The molecule has 1 saturated heterocycles. The lowest BCUT2D eigenvalue weighted by Crippen LogP contribution is -2.60. The van der Waals surface area contributed by atoms with Gasteiger partial charge >= 0.3 is 6.09 Å². The van der Waals surface area contributed by atoms with E-state index in [9.17, 15) is 40.8 Å². The van der Waals surface area contributed by atoms with E-state index < -0.39 is 92.3 Å². The van der Waals surface area contributed by atoms with Crippen LogP contribution in [0.15, 0.2) is 42.5 Å². The number of nitrogens with zero attached hydrogens (tertiary/aromatic N) is 2. The summed E-state index contributed by atoms with van der Waals surface area (Å²) >= 11 is 0. The molecule has 4 amide bonds. The Bertz CT molecular complexity index is 2070. The maximum absolute atomic E-state index is 14.8. The molecular weight excluding hydrogens is 784 g/mol. The monoisotopic (exact) mass is 835 g/mol. The highest BCUT2D eigenvalue weighted by Crippen LogP contribution is 2.48. The number of nitrogens with one attached hydrogen (secondary N) is 3. The van der Waals surface area contributed by atoms with E-state index in [0.717, 1.165) is 19.2 Å². The number of rotatable bonds is 10. The molecule has 2 aromatic rings. The minimum atomic E-state index is -4.44. The van der Waals surface area contributed by atoms with E-state index >= 15 is 0 Å². The van der Waals surface area contributed by atoms with Crippen LogP contribution in [0.2, 0.25) is 0 Å². The predicted molar refractivity (Wildman–Crippen MR) is 206 cm³/mol. The second kappa shape index (κ2) is 15.9. The molecule has 2 aliphatic carbocycles. The maximum Gasteiger partial charge on any atom is 0.408 e. The van der Waals surface area contributed by atoms with Crippen molar-refractivity contribution < 1.29 is 55.0 Å². The number of halogens is 3. The Kier molecular flexibility index (Phi) is 11.8. The van der Waals surface area contributed by atoms with Crippen molar-refractivity contribution in [1.82, 2.24) is 25.2 Å². The topological polar surface area (TPSA) is 182 Å². The van der Waals surface area contributed by atoms with Gasteiger partial charge in [-0.15, -0.1) is 0 Å². The van der Waals surface area contributed by atoms with Gasteiger partial charge in [-0.25, -0.2) is 26.4 Å². The molecule has 3 heterocycles. The molecule has 58 heavy (non-hydrogen) atoms. The van der Waals surface area contributed by atoms with Gasteiger partial charge in [0.15, 0.2) is 5.60 Å². The van der Waals surface area contributed by atoms with Crippen molar-refractivity contribution in [2.45, 2.75) is 120 Å². The van der Waals surface area contributed by atoms with Crippen LogP contribution in [0.5, 0.6) is 11.8 Å². The molecule has 14 nitrogen and oxygen atoms in total. The van der Waals surface area contributed by atoms with E-state index in [-0.39, 0.29) is 49.9 Å². The fraction of sp³-hybridized carbons (Fsp3) is 0.625. The molecule has 6 rings (SSSR count). The summed E-state index contributed by atoms with van der Waals surface area (Å²) in [5.41, 5.74) is -3.97. The molecule has 3 fully saturated rings. The molecule has 0 spiro atoms. The zero-order chi connectivity index (χ0) is 42.4. The van der Waals surface area contributed by atoms with Gasteiger partial charge in [0, 0.05) is 30.7 Å². The third-order valence-corrected chi connectivity index (χ3v) is 14.2. The van der Waals surface area contributed by atoms with Gasteiger partial charge in [-0.2, -0.15) is 4.98 Å². The SMILES string of the molecule is COc1cc2ccccc2c(O[C@@H]2C[C@H]3C(=O)N[C@]4(C(=O)NS(=O)(=O)C5(CF)CC5)CC4/C=C\CC[C@@H](C)C[C@@H](C)C(NC(=O)OC(C)(C)C(C)(F)F)C(=O)N3C2)n1. The second-order valence-electron chi connectivity index (χ2n) is 16.9.